The molecule has 2 aromatic rings. The van der Waals surface area contributed by atoms with Gasteiger partial charge in [0.2, 0.25) is 10.0 Å². The Hall–Kier alpha value is -2.37. The molecule has 0 aliphatic carbocycles. The molecule has 0 bridgehead atoms. The van der Waals surface area contributed by atoms with Crippen LogP contribution >= 0.6 is 0 Å². The van der Waals surface area contributed by atoms with E-state index >= 15 is 0 Å². The highest BCUT2D eigenvalue weighted by Crippen LogP contribution is 2.40. The zero-order valence-corrected chi connectivity index (χ0v) is 16.5. The number of piperazine rings is 1. The van der Waals surface area contributed by atoms with Crippen molar-refractivity contribution in [1.82, 2.24) is 20.4 Å². The molecule has 1 unspecified atom stereocenters. The highest BCUT2D eigenvalue weighted by atomic mass is 32.2. The molecule has 0 radical (unpaired) electrons. The fourth-order valence-electron chi connectivity index (χ4n) is 2.95. The molecule has 1 aromatic carbocycles. The van der Waals surface area contributed by atoms with E-state index < -0.39 is 10.0 Å². The predicted molar refractivity (Wildman–Crippen MR) is 99.5 cm³/mol. The SMILES string of the molecule is COc1cc(-c2nc(C3CNCCN3C)no2)cc(NS(C)(=O)=O)c1OC. The van der Waals surface area contributed by atoms with Gasteiger partial charge in [-0.3, -0.25) is 9.62 Å². The normalized spacial score (nSPS) is 18.3. The standard InChI is InChI=1S/C16H23N5O5S/c1-21-6-5-17-9-12(21)15-18-16(26-19-15)10-7-11(20-27(4,22)23)14(25-3)13(8-10)24-2/h7-8,12,17,20H,5-6,9H2,1-4H3. The number of ether oxygens (including phenoxy) is 2. The lowest BCUT2D eigenvalue weighted by atomic mass is 10.1. The van der Waals surface area contributed by atoms with E-state index in [4.69, 9.17) is 14.0 Å². The maximum absolute atomic E-state index is 11.7. The molecule has 1 aliphatic heterocycles. The summed E-state index contributed by atoms with van der Waals surface area (Å²) in [6.07, 6.45) is 1.06. The first-order chi connectivity index (χ1) is 12.8. The largest absolute Gasteiger partial charge is 0.493 e. The number of methoxy groups -OCH3 is 2. The molecule has 0 spiro atoms. The summed E-state index contributed by atoms with van der Waals surface area (Å²) >= 11 is 0. The average molecular weight is 397 g/mol. The number of hydrogen-bond donors (Lipinski definition) is 2. The summed E-state index contributed by atoms with van der Waals surface area (Å²) in [5, 5.41) is 7.39. The van der Waals surface area contributed by atoms with Crippen molar-refractivity contribution < 1.29 is 22.4 Å². The number of likely N-dealkylation sites (N-methyl/N-ethyl adjacent to an activating group) is 1. The first-order valence-corrected chi connectivity index (χ1v) is 10.2. The Bertz CT molecular complexity index is 914. The smallest absolute Gasteiger partial charge is 0.258 e. The molecule has 1 aromatic heterocycles. The number of benzene rings is 1. The van der Waals surface area contributed by atoms with Crippen LogP contribution in [0, 0.1) is 0 Å². The van der Waals surface area contributed by atoms with Gasteiger partial charge in [-0.05, 0) is 19.2 Å². The second-order valence-electron chi connectivity index (χ2n) is 6.29. The second-order valence-corrected chi connectivity index (χ2v) is 8.04. The highest BCUT2D eigenvalue weighted by molar-refractivity contribution is 7.92. The summed E-state index contributed by atoms with van der Waals surface area (Å²) in [5.74, 6) is 1.44. The van der Waals surface area contributed by atoms with E-state index in [1.165, 1.54) is 14.2 Å². The molecule has 11 heteroatoms. The van der Waals surface area contributed by atoms with Crippen LogP contribution in [-0.4, -0.2) is 70.6 Å². The number of rotatable bonds is 6. The molecule has 0 amide bonds. The lowest BCUT2D eigenvalue weighted by molar-refractivity contribution is 0.190. The third-order valence-electron chi connectivity index (χ3n) is 4.27. The van der Waals surface area contributed by atoms with Gasteiger partial charge in [-0.1, -0.05) is 5.16 Å². The molecular weight excluding hydrogens is 374 g/mol. The number of nitrogens with one attached hydrogen (secondary N) is 2. The quantitative estimate of drug-likeness (QED) is 0.726. The van der Waals surface area contributed by atoms with Crippen LogP contribution in [0.3, 0.4) is 0 Å². The van der Waals surface area contributed by atoms with Crippen molar-refractivity contribution in [2.75, 3.05) is 51.9 Å². The number of hydrogen-bond acceptors (Lipinski definition) is 9. The molecule has 10 nitrogen and oxygen atoms in total. The Labute approximate surface area is 157 Å². The summed E-state index contributed by atoms with van der Waals surface area (Å²) in [4.78, 5) is 6.64. The minimum Gasteiger partial charge on any atom is -0.493 e. The van der Waals surface area contributed by atoms with Crippen LogP contribution in [0.25, 0.3) is 11.5 Å². The molecule has 1 fully saturated rings. The molecule has 1 aliphatic rings. The van der Waals surface area contributed by atoms with Gasteiger partial charge < -0.3 is 19.3 Å². The van der Waals surface area contributed by atoms with E-state index in [-0.39, 0.29) is 23.4 Å². The van der Waals surface area contributed by atoms with Gasteiger partial charge in [0, 0.05) is 25.2 Å². The van der Waals surface area contributed by atoms with E-state index in [9.17, 15) is 8.42 Å². The van der Waals surface area contributed by atoms with Gasteiger partial charge in [-0.15, -0.1) is 0 Å². The number of anilines is 1. The van der Waals surface area contributed by atoms with Gasteiger partial charge >= 0.3 is 0 Å². The number of sulfonamides is 1. The summed E-state index contributed by atoms with van der Waals surface area (Å²) < 4.78 is 41.8. The minimum atomic E-state index is -3.52. The van der Waals surface area contributed by atoms with Crippen LogP contribution < -0.4 is 19.5 Å². The van der Waals surface area contributed by atoms with Crippen LogP contribution in [0.2, 0.25) is 0 Å². The zero-order chi connectivity index (χ0) is 19.6. The lowest BCUT2D eigenvalue weighted by Gasteiger charge is -2.30. The Morgan fingerprint density at radius 3 is 2.74 bits per heavy atom. The highest BCUT2D eigenvalue weighted by Gasteiger charge is 2.26. The van der Waals surface area contributed by atoms with Crippen molar-refractivity contribution in [2.24, 2.45) is 0 Å². The fraction of sp³-hybridized carbons (Fsp3) is 0.500. The summed E-state index contributed by atoms with van der Waals surface area (Å²) in [6.45, 7) is 2.52. The number of nitrogens with zero attached hydrogens (tertiary/aromatic N) is 3. The summed E-state index contributed by atoms with van der Waals surface area (Å²) in [7, 11) is 1.38. The predicted octanol–water partition coefficient (Wildman–Crippen LogP) is 0.701. The van der Waals surface area contributed by atoms with Gasteiger partial charge in [0.05, 0.1) is 32.2 Å². The first-order valence-electron chi connectivity index (χ1n) is 8.31. The molecule has 2 N–H and O–H groups in total. The third kappa shape index (κ3) is 4.31. The molecular formula is C16H23N5O5S. The van der Waals surface area contributed by atoms with Crippen molar-refractivity contribution in [1.29, 1.82) is 0 Å². The first kappa shape index (κ1) is 19.4. The minimum absolute atomic E-state index is 0.00464. The number of aromatic nitrogens is 2. The fourth-order valence-corrected chi connectivity index (χ4v) is 3.50. The molecule has 3 rings (SSSR count). The lowest BCUT2D eigenvalue weighted by Crippen LogP contribution is -2.44. The van der Waals surface area contributed by atoms with Crippen molar-refractivity contribution in [3.05, 3.63) is 18.0 Å². The van der Waals surface area contributed by atoms with E-state index in [1.807, 2.05) is 7.05 Å². The van der Waals surface area contributed by atoms with E-state index in [0.29, 0.717) is 17.1 Å². The van der Waals surface area contributed by atoms with Crippen LogP contribution in [-0.2, 0) is 10.0 Å². The molecule has 2 heterocycles. The van der Waals surface area contributed by atoms with E-state index in [0.717, 1.165) is 25.9 Å². The Kier molecular flexibility index (Phi) is 5.53. The average Bonchev–Trinajstić information content (AvgIpc) is 3.10. The molecule has 1 saturated heterocycles. The van der Waals surface area contributed by atoms with E-state index in [2.05, 4.69) is 25.1 Å². The molecule has 27 heavy (non-hydrogen) atoms. The topological polar surface area (TPSA) is 119 Å². The van der Waals surface area contributed by atoms with Crippen LogP contribution in [0.4, 0.5) is 5.69 Å². The third-order valence-corrected chi connectivity index (χ3v) is 4.86. The van der Waals surface area contributed by atoms with Gasteiger partial charge in [0.25, 0.3) is 5.89 Å². The van der Waals surface area contributed by atoms with Crippen LogP contribution in [0.1, 0.15) is 11.9 Å². The molecule has 0 saturated carbocycles. The van der Waals surface area contributed by atoms with Gasteiger partial charge in [0.15, 0.2) is 17.3 Å². The zero-order valence-electron chi connectivity index (χ0n) is 15.6. The Morgan fingerprint density at radius 2 is 2.11 bits per heavy atom. The monoisotopic (exact) mass is 397 g/mol. The maximum Gasteiger partial charge on any atom is 0.258 e. The van der Waals surface area contributed by atoms with Crippen LogP contribution in [0.15, 0.2) is 16.7 Å². The van der Waals surface area contributed by atoms with Gasteiger partial charge in [0.1, 0.15) is 0 Å². The summed E-state index contributed by atoms with van der Waals surface area (Å²) in [5.41, 5.74) is 0.745. The summed E-state index contributed by atoms with van der Waals surface area (Å²) in [6, 6.07) is 3.24. The van der Waals surface area contributed by atoms with Crippen LogP contribution in [0.5, 0.6) is 11.5 Å². The van der Waals surface area contributed by atoms with Crippen molar-refractivity contribution in [3.8, 4) is 23.0 Å². The van der Waals surface area contributed by atoms with Gasteiger partial charge in [-0.2, -0.15) is 4.98 Å². The van der Waals surface area contributed by atoms with Crippen molar-refractivity contribution >= 4 is 15.7 Å². The Morgan fingerprint density at radius 1 is 1.33 bits per heavy atom. The van der Waals surface area contributed by atoms with Crippen molar-refractivity contribution in [3.63, 3.8) is 0 Å². The maximum atomic E-state index is 11.7. The molecule has 1 atom stereocenters. The van der Waals surface area contributed by atoms with Gasteiger partial charge in [-0.25, -0.2) is 8.42 Å². The van der Waals surface area contributed by atoms with Crippen molar-refractivity contribution in [2.45, 2.75) is 6.04 Å². The second kappa shape index (κ2) is 7.71. The Balaban J connectivity index is 2.00. The van der Waals surface area contributed by atoms with E-state index in [1.54, 1.807) is 12.1 Å². The molecule has 148 valence electrons.